The molecule has 0 aliphatic rings. The maximum absolute atomic E-state index is 12.9. The molecule has 0 aliphatic heterocycles. The van der Waals surface area contributed by atoms with Gasteiger partial charge in [0.25, 0.3) is 0 Å². The molecule has 2 rings (SSSR count). The molecular weight excluding hydrogens is 453 g/mol. The maximum atomic E-state index is 12.9. The number of halogens is 1. The van der Waals surface area contributed by atoms with Gasteiger partial charge in [0.05, 0.1) is 11.1 Å². The second kappa shape index (κ2) is 8.23. The van der Waals surface area contributed by atoms with Gasteiger partial charge >= 0.3 is 0 Å². The van der Waals surface area contributed by atoms with Crippen molar-refractivity contribution in [3.05, 3.63) is 41.2 Å². The highest BCUT2D eigenvalue weighted by atomic mass is 127. The number of hydrogen-bond acceptors (Lipinski definition) is 5. The van der Waals surface area contributed by atoms with E-state index in [-0.39, 0.29) is 5.78 Å². The fourth-order valence-corrected chi connectivity index (χ4v) is 4.51. The molecule has 4 nitrogen and oxygen atoms in total. The van der Waals surface area contributed by atoms with Gasteiger partial charge in [0.15, 0.2) is 0 Å². The number of Topliss-reactive ketones (excluding diaryl/α,β-unsaturated/α-hetero) is 1. The van der Waals surface area contributed by atoms with Gasteiger partial charge in [-0.15, -0.1) is 6.42 Å². The highest BCUT2D eigenvalue weighted by Crippen LogP contribution is 2.33. The van der Waals surface area contributed by atoms with Gasteiger partial charge in [-0.2, -0.15) is 0 Å². The van der Waals surface area contributed by atoms with E-state index in [0.717, 1.165) is 22.2 Å². The van der Waals surface area contributed by atoms with Crippen molar-refractivity contribution in [3.8, 4) is 12.3 Å². The van der Waals surface area contributed by atoms with Crippen LogP contribution in [0.25, 0.3) is 10.9 Å². The van der Waals surface area contributed by atoms with Crippen molar-refractivity contribution in [2.45, 2.75) is 6.92 Å². The van der Waals surface area contributed by atoms with Gasteiger partial charge in [0.1, 0.15) is 5.69 Å². The number of aromatic nitrogens is 1. The van der Waals surface area contributed by atoms with Gasteiger partial charge in [0, 0.05) is 67.9 Å². The van der Waals surface area contributed by atoms with Crippen LogP contribution in [0.4, 0.5) is 5.69 Å². The molecule has 0 amide bonds. The van der Waals surface area contributed by atoms with Gasteiger partial charge in [0.2, 0.25) is 5.78 Å². The number of carbonyl (C=O) groups is 1. The number of ketones is 1. The van der Waals surface area contributed by atoms with E-state index in [0.29, 0.717) is 11.3 Å². The first-order chi connectivity index (χ1) is 11.4. The van der Waals surface area contributed by atoms with Crippen molar-refractivity contribution >= 4 is 64.6 Å². The number of nitrogens with zero attached hydrogens (tertiary/aromatic N) is 2. The van der Waals surface area contributed by atoms with E-state index in [9.17, 15) is 4.79 Å². The van der Waals surface area contributed by atoms with Crippen molar-refractivity contribution in [2.75, 3.05) is 25.1 Å². The van der Waals surface area contributed by atoms with Crippen LogP contribution in [0.5, 0.6) is 0 Å². The first-order valence-corrected chi connectivity index (χ1v) is 11.6. The first kappa shape index (κ1) is 19.1. The lowest BCUT2D eigenvalue weighted by Crippen LogP contribution is -2.10. The summed E-state index contributed by atoms with van der Waals surface area (Å²) in [7, 11) is 5.15. The third-order valence-corrected chi connectivity index (χ3v) is 5.54. The predicted molar refractivity (Wildman–Crippen MR) is 116 cm³/mol. The molecule has 1 aromatic heterocycles. The van der Waals surface area contributed by atoms with Crippen LogP contribution in [-0.2, 0) is 0 Å². The third kappa shape index (κ3) is 3.87. The molecule has 0 atom stereocenters. The molecule has 1 N–H and O–H groups in total. The lowest BCUT2D eigenvalue weighted by atomic mass is 10.1. The summed E-state index contributed by atoms with van der Waals surface area (Å²) in [5.41, 5.74) is 4.08. The molecule has 1 heterocycles. The van der Waals surface area contributed by atoms with Gasteiger partial charge in [-0.05, 0) is 30.7 Å². The molecule has 0 spiro atoms. The Morgan fingerprint density at radius 3 is 2.67 bits per heavy atom. The van der Waals surface area contributed by atoms with Crippen LogP contribution in [0.15, 0.2) is 30.0 Å². The van der Waals surface area contributed by atoms with Crippen LogP contribution in [0.2, 0.25) is 0 Å². The van der Waals surface area contributed by atoms with E-state index in [1.165, 1.54) is 9.12 Å². The summed E-state index contributed by atoms with van der Waals surface area (Å²) in [6.07, 6.45) is 9.19. The van der Waals surface area contributed by atoms with Crippen LogP contribution in [0.3, 0.4) is 0 Å². The summed E-state index contributed by atoms with van der Waals surface area (Å²) in [4.78, 5) is 14.6. The highest BCUT2D eigenvalue weighted by molar-refractivity contribution is 14.2. The van der Waals surface area contributed by atoms with Crippen LogP contribution in [0.1, 0.15) is 16.1 Å². The molecule has 0 fully saturated rings. The zero-order chi connectivity index (χ0) is 17.9. The molecule has 0 aliphatic carbocycles. The van der Waals surface area contributed by atoms with E-state index in [2.05, 4.69) is 44.0 Å². The molecule has 2 aromatic rings. The molecule has 7 heteroatoms. The van der Waals surface area contributed by atoms with Gasteiger partial charge in [-0.25, -0.2) is 0 Å². The predicted octanol–water partition coefficient (Wildman–Crippen LogP) is 4.75. The number of nitrogens with one attached hydrogen (secondary N) is 1. The average Bonchev–Trinajstić information content (AvgIpc) is 2.89. The zero-order valence-electron chi connectivity index (χ0n) is 13.9. The molecule has 24 heavy (non-hydrogen) atoms. The molecule has 1 aromatic carbocycles. The standard InChI is InChI=1S/C17H18IN3OS2/c1-6-12(10-20(3)4)17(22)16-8-13-7-11(2)14(19-23-5)9-15(13)21(16)24-18/h1,7-10,19H,2-5H3/b12-10+. The topological polar surface area (TPSA) is 37.3 Å². The molecule has 126 valence electrons. The van der Waals surface area contributed by atoms with Crippen LogP contribution in [-0.4, -0.2) is 35.0 Å². The molecule has 0 saturated carbocycles. The summed E-state index contributed by atoms with van der Waals surface area (Å²) in [5, 5.41) is 1.02. The Hall–Kier alpha value is -1.24. The van der Waals surface area contributed by atoms with Crippen molar-refractivity contribution < 1.29 is 4.79 Å². The Labute approximate surface area is 163 Å². The van der Waals surface area contributed by atoms with Crippen LogP contribution < -0.4 is 4.72 Å². The van der Waals surface area contributed by atoms with Crippen molar-refractivity contribution in [1.29, 1.82) is 0 Å². The van der Waals surface area contributed by atoms with E-state index >= 15 is 0 Å². The number of aryl methyl sites for hydroxylation is 1. The monoisotopic (exact) mass is 471 g/mol. The number of benzene rings is 1. The SMILES string of the molecule is C#C/C(=C\N(C)C)C(=O)c1cc2cc(C)c(NSC)cc2n1SI. The minimum absolute atomic E-state index is 0.149. The largest absolute Gasteiger partial charge is 0.382 e. The number of terminal acetylenes is 1. The number of carbonyl (C=O) groups excluding carboxylic acids is 1. The normalized spacial score (nSPS) is 11.4. The Morgan fingerprint density at radius 2 is 2.12 bits per heavy atom. The van der Waals surface area contributed by atoms with E-state index in [4.69, 9.17) is 6.42 Å². The fourth-order valence-electron chi connectivity index (χ4n) is 2.36. The van der Waals surface area contributed by atoms with Crippen molar-refractivity contribution in [3.63, 3.8) is 0 Å². The highest BCUT2D eigenvalue weighted by Gasteiger charge is 2.19. The smallest absolute Gasteiger partial charge is 0.220 e. The van der Waals surface area contributed by atoms with Crippen LogP contribution >= 0.6 is 42.3 Å². The minimum Gasteiger partial charge on any atom is -0.382 e. The lowest BCUT2D eigenvalue weighted by Gasteiger charge is -2.10. The summed E-state index contributed by atoms with van der Waals surface area (Å²) in [6.45, 7) is 2.05. The van der Waals surface area contributed by atoms with Crippen LogP contribution in [0, 0.1) is 19.3 Å². The van der Waals surface area contributed by atoms with Gasteiger partial charge in [-0.3, -0.25) is 8.77 Å². The Kier molecular flexibility index (Phi) is 6.54. The first-order valence-electron chi connectivity index (χ1n) is 7.06. The third-order valence-electron chi connectivity index (χ3n) is 3.40. The summed E-state index contributed by atoms with van der Waals surface area (Å²) in [5.74, 6) is 2.35. The number of allylic oxidation sites excluding steroid dienone is 1. The Morgan fingerprint density at radius 1 is 1.42 bits per heavy atom. The van der Waals surface area contributed by atoms with Gasteiger partial charge in [-0.1, -0.05) is 17.9 Å². The number of hydrogen-bond donors (Lipinski definition) is 1. The number of rotatable bonds is 6. The number of fused-ring (bicyclic) bond motifs is 1. The van der Waals surface area contributed by atoms with E-state index in [1.807, 2.05) is 37.3 Å². The second-order valence-corrected chi connectivity index (χ2v) is 7.70. The average molecular weight is 471 g/mol. The summed E-state index contributed by atoms with van der Waals surface area (Å²) >= 11 is 3.72. The Balaban J connectivity index is 2.63. The summed E-state index contributed by atoms with van der Waals surface area (Å²) in [6, 6.07) is 6.05. The quantitative estimate of drug-likeness (QED) is 0.217. The van der Waals surface area contributed by atoms with E-state index in [1.54, 1.807) is 23.0 Å². The Bertz CT molecular complexity index is 850. The molecule has 0 saturated heterocycles. The van der Waals surface area contributed by atoms with Crippen molar-refractivity contribution in [2.24, 2.45) is 0 Å². The molecule has 0 bridgehead atoms. The van der Waals surface area contributed by atoms with Gasteiger partial charge < -0.3 is 9.62 Å². The fraction of sp³-hybridized carbons (Fsp3) is 0.235. The molecule has 0 radical (unpaired) electrons. The van der Waals surface area contributed by atoms with Crippen molar-refractivity contribution in [1.82, 2.24) is 8.87 Å². The minimum atomic E-state index is -0.149. The molecular formula is C17H18IN3OS2. The van der Waals surface area contributed by atoms with E-state index < -0.39 is 0 Å². The zero-order valence-corrected chi connectivity index (χ0v) is 17.7. The summed E-state index contributed by atoms with van der Waals surface area (Å²) < 4.78 is 5.19. The maximum Gasteiger partial charge on any atom is 0.220 e. The molecule has 0 unspecified atom stereocenters. The lowest BCUT2D eigenvalue weighted by molar-refractivity contribution is 0.103. The number of anilines is 1. The second-order valence-electron chi connectivity index (χ2n) is 5.40.